The van der Waals surface area contributed by atoms with Gasteiger partial charge in [-0.25, -0.2) is 4.79 Å². The van der Waals surface area contributed by atoms with Gasteiger partial charge in [-0.3, -0.25) is 4.79 Å². The first-order valence-corrected chi connectivity index (χ1v) is 10.2. The Morgan fingerprint density at radius 3 is 2.41 bits per heavy atom. The van der Waals surface area contributed by atoms with Gasteiger partial charge in [-0.05, 0) is 78.5 Å². The number of phenols is 1. The van der Waals surface area contributed by atoms with Crippen LogP contribution in [0.4, 0.5) is 0 Å². The second-order valence-corrected chi connectivity index (χ2v) is 9.64. The van der Waals surface area contributed by atoms with Crippen LogP contribution in [0.1, 0.15) is 63.6 Å². The second-order valence-electron chi connectivity index (χ2n) is 9.64. The molecule has 1 fully saturated rings. The van der Waals surface area contributed by atoms with Crippen molar-refractivity contribution in [1.29, 1.82) is 0 Å². The van der Waals surface area contributed by atoms with E-state index in [0.29, 0.717) is 23.1 Å². The average molecular weight is 401 g/mol. The largest absolute Gasteiger partial charge is 0.508 e. The summed E-state index contributed by atoms with van der Waals surface area (Å²) >= 11 is 0. The van der Waals surface area contributed by atoms with Gasteiger partial charge in [0.1, 0.15) is 11.3 Å². The minimum absolute atomic E-state index is 0.0425. The Bertz CT molecular complexity index is 988. The van der Waals surface area contributed by atoms with Crippen molar-refractivity contribution >= 4 is 16.9 Å². The lowest BCUT2D eigenvalue weighted by atomic mass is 9.79. The minimum atomic E-state index is -0.444. The van der Waals surface area contributed by atoms with E-state index in [2.05, 4.69) is 38.3 Å². The van der Waals surface area contributed by atoms with Gasteiger partial charge in [0.15, 0.2) is 0 Å². The van der Waals surface area contributed by atoms with Crippen LogP contribution in [0.15, 0.2) is 21.3 Å². The number of rotatable bonds is 4. The molecule has 6 nitrogen and oxygen atoms in total. The first kappa shape index (κ1) is 21.4. The van der Waals surface area contributed by atoms with E-state index in [9.17, 15) is 14.7 Å². The van der Waals surface area contributed by atoms with Crippen molar-refractivity contribution in [3.05, 3.63) is 39.2 Å². The number of aromatic hydroxyl groups is 1. The number of fused-ring (bicyclic) bond motifs is 1. The normalized spacial score (nSPS) is 18.7. The lowest BCUT2D eigenvalue weighted by Gasteiger charge is -2.46. The molecule has 0 spiro atoms. The monoisotopic (exact) mass is 400 g/mol. The lowest BCUT2D eigenvalue weighted by molar-refractivity contribution is -0.122. The van der Waals surface area contributed by atoms with Crippen LogP contribution in [0.25, 0.3) is 11.0 Å². The second kappa shape index (κ2) is 7.48. The molecule has 1 aromatic heterocycles. The van der Waals surface area contributed by atoms with Crippen molar-refractivity contribution in [3.63, 3.8) is 0 Å². The molecule has 1 aromatic carbocycles. The summed E-state index contributed by atoms with van der Waals surface area (Å²) in [5.74, 6) is 0.0456. The molecule has 0 aliphatic carbocycles. The van der Waals surface area contributed by atoms with E-state index in [4.69, 9.17) is 4.42 Å². The molecule has 1 aliphatic rings. The number of benzene rings is 1. The molecule has 29 heavy (non-hydrogen) atoms. The molecule has 0 radical (unpaired) electrons. The zero-order valence-corrected chi connectivity index (χ0v) is 18.2. The number of carbonyl (C=O) groups excluding carboxylic acids is 1. The molecule has 0 atom stereocenters. The fourth-order valence-electron chi connectivity index (χ4n) is 4.83. The Morgan fingerprint density at radius 1 is 1.17 bits per heavy atom. The molecule has 158 valence electrons. The molecule has 3 rings (SSSR count). The number of amides is 1. The summed E-state index contributed by atoms with van der Waals surface area (Å²) < 4.78 is 5.47. The van der Waals surface area contributed by atoms with Crippen LogP contribution in [0.5, 0.6) is 5.75 Å². The molecule has 0 unspecified atom stereocenters. The number of hydrogen-bond donors (Lipinski definition) is 3. The van der Waals surface area contributed by atoms with E-state index in [1.807, 2.05) is 6.92 Å². The first-order chi connectivity index (χ1) is 13.4. The zero-order valence-electron chi connectivity index (χ0n) is 18.2. The van der Waals surface area contributed by atoms with E-state index in [1.54, 1.807) is 19.1 Å². The van der Waals surface area contributed by atoms with E-state index in [-0.39, 0.29) is 35.2 Å². The Labute approximate surface area is 171 Å². The Balaban J connectivity index is 1.73. The van der Waals surface area contributed by atoms with Crippen molar-refractivity contribution in [1.82, 2.24) is 10.6 Å². The van der Waals surface area contributed by atoms with Gasteiger partial charge in [-0.1, -0.05) is 0 Å². The number of aryl methyl sites for hydroxylation is 2. The van der Waals surface area contributed by atoms with Gasteiger partial charge in [-0.15, -0.1) is 0 Å². The number of nitrogens with one attached hydrogen (secondary N) is 2. The lowest BCUT2D eigenvalue weighted by Crippen LogP contribution is -2.62. The fourth-order valence-corrected chi connectivity index (χ4v) is 4.83. The van der Waals surface area contributed by atoms with Crippen LogP contribution in [-0.2, 0) is 11.2 Å². The Kier molecular flexibility index (Phi) is 5.52. The summed E-state index contributed by atoms with van der Waals surface area (Å²) in [4.78, 5) is 25.1. The van der Waals surface area contributed by atoms with Crippen LogP contribution >= 0.6 is 0 Å². The van der Waals surface area contributed by atoms with Crippen molar-refractivity contribution < 1.29 is 14.3 Å². The van der Waals surface area contributed by atoms with E-state index in [1.165, 1.54) is 0 Å². The molecular formula is C23H32N2O4. The maximum Gasteiger partial charge on any atom is 0.339 e. The third-order valence-corrected chi connectivity index (χ3v) is 5.83. The smallest absolute Gasteiger partial charge is 0.339 e. The standard InChI is InChI=1S/C23H32N2O4/c1-13-16-7-9-18(26)14(2)20(16)29-21(28)17(13)8-10-19(27)24-15-11-22(3,4)25-23(5,6)12-15/h7,9,15,25-26H,8,10-12H2,1-6H3,(H,24,27). The molecule has 2 heterocycles. The summed E-state index contributed by atoms with van der Waals surface area (Å²) in [5.41, 5.74) is 1.74. The number of phenolic OH excluding ortho intramolecular Hbond substituents is 1. The summed E-state index contributed by atoms with van der Waals surface area (Å²) in [6.07, 6.45) is 2.29. The van der Waals surface area contributed by atoms with E-state index < -0.39 is 5.63 Å². The molecular weight excluding hydrogens is 368 g/mol. The van der Waals surface area contributed by atoms with Crippen LogP contribution < -0.4 is 16.3 Å². The maximum atomic E-state index is 12.6. The minimum Gasteiger partial charge on any atom is -0.508 e. The Morgan fingerprint density at radius 2 is 1.79 bits per heavy atom. The highest BCUT2D eigenvalue weighted by Gasteiger charge is 2.38. The summed E-state index contributed by atoms with van der Waals surface area (Å²) in [5, 5.41) is 17.4. The summed E-state index contributed by atoms with van der Waals surface area (Å²) in [6.45, 7) is 12.2. The van der Waals surface area contributed by atoms with Gasteiger partial charge in [-0.2, -0.15) is 0 Å². The van der Waals surface area contributed by atoms with Gasteiger partial charge in [0, 0.05) is 40.1 Å². The summed E-state index contributed by atoms with van der Waals surface area (Å²) in [6, 6.07) is 3.45. The van der Waals surface area contributed by atoms with E-state index >= 15 is 0 Å². The van der Waals surface area contributed by atoms with Gasteiger partial charge in [0.25, 0.3) is 0 Å². The molecule has 3 N–H and O–H groups in total. The third kappa shape index (κ3) is 4.64. The molecule has 0 bridgehead atoms. The highest BCUT2D eigenvalue weighted by molar-refractivity contribution is 5.85. The highest BCUT2D eigenvalue weighted by Crippen LogP contribution is 2.30. The quantitative estimate of drug-likeness (QED) is 0.684. The summed E-state index contributed by atoms with van der Waals surface area (Å²) in [7, 11) is 0. The van der Waals surface area contributed by atoms with Crippen LogP contribution in [0, 0.1) is 13.8 Å². The molecule has 6 heteroatoms. The molecule has 2 aromatic rings. The first-order valence-electron chi connectivity index (χ1n) is 10.2. The fraction of sp³-hybridized carbons (Fsp3) is 0.565. The number of carbonyl (C=O) groups is 1. The zero-order chi connectivity index (χ0) is 21.6. The topological polar surface area (TPSA) is 91.6 Å². The molecule has 1 saturated heterocycles. The van der Waals surface area contributed by atoms with Gasteiger partial charge < -0.3 is 20.2 Å². The van der Waals surface area contributed by atoms with Crippen LogP contribution in [0.3, 0.4) is 0 Å². The highest BCUT2D eigenvalue weighted by atomic mass is 16.4. The van der Waals surface area contributed by atoms with Crippen molar-refractivity contribution in [2.75, 3.05) is 0 Å². The SMILES string of the molecule is Cc1c(CCC(=O)NC2CC(C)(C)NC(C)(C)C2)c(=O)oc2c(C)c(O)ccc12. The Hall–Kier alpha value is -2.34. The molecule has 1 amide bonds. The molecule has 0 saturated carbocycles. The number of hydrogen-bond acceptors (Lipinski definition) is 5. The predicted octanol–water partition coefficient (Wildman–Crippen LogP) is 3.47. The maximum absolute atomic E-state index is 12.6. The number of piperidine rings is 1. The van der Waals surface area contributed by atoms with Crippen molar-refractivity contribution in [2.45, 2.75) is 84.3 Å². The average Bonchev–Trinajstić information content (AvgIpc) is 2.55. The van der Waals surface area contributed by atoms with Crippen molar-refractivity contribution in [3.8, 4) is 5.75 Å². The van der Waals surface area contributed by atoms with Crippen LogP contribution in [-0.4, -0.2) is 28.1 Å². The van der Waals surface area contributed by atoms with Crippen LogP contribution in [0.2, 0.25) is 0 Å². The third-order valence-electron chi connectivity index (χ3n) is 5.83. The van der Waals surface area contributed by atoms with Crippen molar-refractivity contribution in [2.24, 2.45) is 0 Å². The van der Waals surface area contributed by atoms with E-state index in [0.717, 1.165) is 23.8 Å². The van der Waals surface area contributed by atoms with Gasteiger partial charge in [0.05, 0.1) is 0 Å². The van der Waals surface area contributed by atoms with Gasteiger partial charge >= 0.3 is 5.63 Å². The predicted molar refractivity (Wildman–Crippen MR) is 114 cm³/mol. The molecule has 1 aliphatic heterocycles. The van der Waals surface area contributed by atoms with Gasteiger partial charge in [0.2, 0.25) is 5.91 Å².